The number of alkyl halides is 3. The molecule has 1 aromatic rings. The predicted molar refractivity (Wildman–Crippen MR) is 82.8 cm³/mol. The molecule has 1 aromatic carbocycles. The van der Waals surface area contributed by atoms with Crippen molar-refractivity contribution in [2.24, 2.45) is 0 Å². The highest BCUT2D eigenvalue weighted by Gasteiger charge is 2.34. The highest BCUT2D eigenvalue weighted by atomic mass is 19.4. The van der Waals surface area contributed by atoms with Crippen molar-refractivity contribution in [3.8, 4) is 0 Å². The van der Waals surface area contributed by atoms with Crippen LogP contribution in [0.4, 0.5) is 17.6 Å². The van der Waals surface area contributed by atoms with Crippen LogP contribution in [0.2, 0.25) is 0 Å². The second kappa shape index (κ2) is 7.96. The zero-order chi connectivity index (χ0) is 17.7. The van der Waals surface area contributed by atoms with E-state index in [0.29, 0.717) is 19.5 Å². The number of nitrogens with one attached hydrogen (secondary N) is 1. The van der Waals surface area contributed by atoms with E-state index in [1.165, 1.54) is 6.92 Å². The highest BCUT2D eigenvalue weighted by molar-refractivity contribution is 5.72. The molecular formula is C17H22F4N2O. The van der Waals surface area contributed by atoms with E-state index in [-0.39, 0.29) is 24.1 Å². The Morgan fingerprint density at radius 3 is 2.75 bits per heavy atom. The molecule has 0 aromatic heterocycles. The molecule has 0 bridgehead atoms. The third-order valence-electron chi connectivity index (χ3n) is 4.35. The van der Waals surface area contributed by atoms with E-state index < -0.39 is 17.6 Å². The third kappa shape index (κ3) is 5.19. The lowest BCUT2D eigenvalue weighted by molar-refractivity contribution is -0.138. The van der Waals surface area contributed by atoms with Gasteiger partial charge in [0, 0.05) is 26.1 Å². The van der Waals surface area contributed by atoms with Gasteiger partial charge < -0.3 is 5.32 Å². The summed E-state index contributed by atoms with van der Waals surface area (Å²) in [7, 11) is 0. The van der Waals surface area contributed by atoms with Crippen molar-refractivity contribution in [3.63, 3.8) is 0 Å². The Labute approximate surface area is 139 Å². The van der Waals surface area contributed by atoms with Crippen molar-refractivity contribution in [2.75, 3.05) is 13.1 Å². The second-order valence-corrected chi connectivity index (χ2v) is 6.19. The lowest BCUT2D eigenvalue weighted by Gasteiger charge is -2.36. The van der Waals surface area contributed by atoms with E-state index in [0.717, 1.165) is 37.5 Å². The van der Waals surface area contributed by atoms with Gasteiger partial charge in [0.1, 0.15) is 5.82 Å². The third-order valence-corrected chi connectivity index (χ3v) is 4.35. The number of piperidine rings is 1. The molecule has 1 atom stereocenters. The number of rotatable bonds is 5. The lowest BCUT2D eigenvalue weighted by atomic mass is 9.97. The van der Waals surface area contributed by atoms with Crippen molar-refractivity contribution in [3.05, 3.63) is 35.1 Å². The molecule has 7 heteroatoms. The van der Waals surface area contributed by atoms with Crippen molar-refractivity contribution < 1.29 is 22.4 Å². The molecule has 1 fully saturated rings. The Balaban J connectivity index is 2.12. The zero-order valence-corrected chi connectivity index (χ0v) is 13.6. The molecule has 0 radical (unpaired) electrons. The average molecular weight is 346 g/mol. The van der Waals surface area contributed by atoms with Crippen LogP contribution in [0.1, 0.15) is 43.7 Å². The first-order valence-corrected chi connectivity index (χ1v) is 8.11. The molecule has 1 aliphatic rings. The SMILES string of the molecule is CC(=O)NCCC1CCCCN1Cc1cc(F)ccc1C(F)(F)F. The monoisotopic (exact) mass is 346 g/mol. The number of halogens is 4. The maximum Gasteiger partial charge on any atom is 0.416 e. The summed E-state index contributed by atoms with van der Waals surface area (Å²) < 4.78 is 52.8. The Bertz CT molecular complexity index is 574. The smallest absolute Gasteiger partial charge is 0.356 e. The Morgan fingerprint density at radius 2 is 2.08 bits per heavy atom. The molecule has 1 N–H and O–H groups in total. The van der Waals surface area contributed by atoms with Gasteiger partial charge in [0.2, 0.25) is 5.91 Å². The summed E-state index contributed by atoms with van der Waals surface area (Å²) in [6, 6.07) is 2.72. The molecule has 0 saturated carbocycles. The van der Waals surface area contributed by atoms with Crippen LogP contribution in [0.3, 0.4) is 0 Å². The minimum atomic E-state index is -4.50. The van der Waals surface area contributed by atoms with Crippen LogP contribution in [0.15, 0.2) is 18.2 Å². The van der Waals surface area contributed by atoms with Crippen LogP contribution < -0.4 is 5.32 Å². The van der Waals surface area contributed by atoms with Crippen molar-refractivity contribution >= 4 is 5.91 Å². The van der Waals surface area contributed by atoms with E-state index >= 15 is 0 Å². The molecule has 1 saturated heterocycles. The standard InChI is InChI=1S/C17H22F4N2O/c1-12(24)22-8-7-15-4-2-3-9-23(15)11-13-10-14(18)5-6-16(13)17(19,20)21/h5-6,10,15H,2-4,7-9,11H2,1H3,(H,22,24). The number of carbonyl (C=O) groups is 1. The number of amides is 1. The number of carbonyl (C=O) groups excluding carboxylic acids is 1. The van der Waals surface area contributed by atoms with Gasteiger partial charge in [-0.2, -0.15) is 13.2 Å². The minimum Gasteiger partial charge on any atom is -0.356 e. The van der Waals surface area contributed by atoms with Crippen LogP contribution >= 0.6 is 0 Å². The Hall–Kier alpha value is -1.63. The van der Waals surface area contributed by atoms with Crippen LogP contribution in [0, 0.1) is 5.82 Å². The molecule has 134 valence electrons. The second-order valence-electron chi connectivity index (χ2n) is 6.19. The number of hydrogen-bond donors (Lipinski definition) is 1. The molecule has 3 nitrogen and oxygen atoms in total. The van der Waals surface area contributed by atoms with Gasteiger partial charge in [0.15, 0.2) is 0 Å². The summed E-state index contributed by atoms with van der Waals surface area (Å²) in [6.07, 6.45) is -1.03. The topological polar surface area (TPSA) is 32.3 Å². The normalized spacial score (nSPS) is 19.3. The number of likely N-dealkylation sites (tertiary alicyclic amines) is 1. The summed E-state index contributed by atoms with van der Waals surface area (Å²) >= 11 is 0. The van der Waals surface area contributed by atoms with Crippen molar-refractivity contribution in [1.82, 2.24) is 10.2 Å². The Morgan fingerprint density at radius 1 is 1.33 bits per heavy atom. The van der Waals surface area contributed by atoms with Crippen LogP contribution in [-0.2, 0) is 17.5 Å². The molecule has 1 aliphatic heterocycles. The van der Waals surface area contributed by atoms with E-state index in [1.807, 2.05) is 4.90 Å². The van der Waals surface area contributed by atoms with Crippen molar-refractivity contribution in [1.29, 1.82) is 0 Å². The van der Waals surface area contributed by atoms with Gasteiger partial charge >= 0.3 is 6.18 Å². The number of hydrogen-bond acceptors (Lipinski definition) is 2. The van der Waals surface area contributed by atoms with E-state index in [2.05, 4.69) is 5.32 Å². The summed E-state index contributed by atoms with van der Waals surface area (Å²) in [5.41, 5.74) is -0.816. The lowest BCUT2D eigenvalue weighted by Crippen LogP contribution is -2.41. The van der Waals surface area contributed by atoms with Crippen LogP contribution in [0.25, 0.3) is 0 Å². The van der Waals surface area contributed by atoms with E-state index in [1.54, 1.807) is 0 Å². The summed E-state index contributed by atoms with van der Waals surface area (Å²) in [5, 5.41) is 2.72. The minimum absolute atomic E-state index is 0.0334. The molecule has 0 aliphatic carbocycles. The van der Waals surface area contributed by atoms with Gasteiger partial charge in [-0.1, -0.05) is 6.42 Å². The molecule has 24 heavy (non-hydrogen) atoms. The number of benzene rings is 1. The first-order chi connectivity index (χ1) is 11.3. The number of nitrogens with zero attached hydrogens (tertiary/aromatic N) is 1. The average Bonchev–Trinajstić information content (AvgIpc) is 2.47. The summed E-state index contributed by atoms with van der Waals surface area (Å²) in [6.45, 7) is 2.67. The molecule has 1 unspecified atom stereocenters. The van der Waals surface area contributed by atoms with E-state index in [4.69, 9.17) is 0 Å². The maximum atomic E-state index is 13.4. The van der Waals surface area contributed by atoms with Crippen molar-refractivity contribution in [2.45, 2.75) is 51.4 Å². The summed E-state index contributed by atoms with van der Waals surface area (Å²) in [4.78, 5) is 12.9. The fourth-order valence-electron chi connectivity index (χ4n) is 3.20. The fourth-order valence-corrected chi connectivity index (χ4v) is 3.20. The van der Waals surface area contributed by atoms with E-state index in [9.17, 15) is 22.4 Å². The highest BCUT2D eigenvalue weighted by Crippen LogP contribution is 2.34. The quantitative estimate of drug-likeness (QED) is 0.824. The van der Waals surface area contributed by atoms with Gasteiger partial charge in [0.25, 0.3) is 0 Å². The first kappa shape index (κ1) is 18.7. The van der Waals surface area contributed by atoms with Crippen LogP contribution in [0.5, 0.6) is 0 Å². The van der Waals surface area contributed by atoms with Crippen LogP contribution in [-0.4, -0.2) is 29.9 Å². The van der Waals surface area contributed by atoms with Gasteiger partial charge in [0.05, 0.1) is 5.56 Å². The molecule has 1 heterocycles. The molecule has 1 amide bonds. The van der Waals surface area contributed by atoms with Gasteiger partial charge in [-0.3, -0.25) is 9.69 Å². The maximum absolute atomic E-state index is 13.4. The molecule has 2 rings (SSSR count). The predicted octanol–water partition coefficient (Wildman–Crippen LogP) is 3.73. The zero-order valence-electron chi connectivity index (χ0n) is 13.6. The largest absolute Gasteiger partial charge is 0.416 e. The fraction of sp³-hybridized carbons (Fsp3) is 0.588. The summed E-state index contributed by atoms with van der Waals surface area (Å²) in [5.74, 6) is -0.786. The van der Waals surface area contributed by atoms with Gasteiger partial charge in [-0.25, -0.2) is 4.39 Å². The molecule has 0 spiro atoms. The molecular weight excluding hydrogens is 324 g/mol. The van der Waals surface area contributed by atoms with Gasteiger partial charge in [-0.15, -0.1) is 0 Å². The van der Waals surface area contributed by atoms with Gasteiger partial charge in [-0.05, 0) is 49.6 Å². The first-order valence-electron chi connectivity index (χ1n) is 8.11. The Kier molecular flexibility index (Phi) is 6.21.